The summed E-state index contributed by atoms with van der Waals surface area (Å²) in [7, 11) is 0. The fraction of sp³-hybridized carbons (Fsp3) is 0.154. The SMILES string of the molecule is Cc1ccc(C=Nc2cc([N+](=O)[O-])ccc2C)s1. The minimum absolute atomic E-state index is 0.0649. The summed E-state index contributed by atoms with van der Waals surface area (Å²) in [6.45, 7) is 3.91. The summed E-state index contributed by atoms with van der Waals surface area (Å²) in [5, 5.41) is 10.7. The first kappa shape index (κ1) is 12.4. The maximum Gasteiger partial charge on any atom is 0.271 e. The summed E-state index contributed by atoms with van der Waals surface area (Å²) in [6, 6.07) is 8.70. The van der Waals surface area contributed by atoms with Gasteiger partial charge in [-0.25, -0.2) is 0 Å². The van der Waals surface area contributed by atoms with Crippen molar-refractivity contribution in [2.45, 2.75) is 13.8 Å². The zero-order valence-electron chi connectivity index (χ0n) is 10.1. The predicted octanol–water partition coefficient (Wildman–Crippen LogP) is 4.02. The van der Waals surface area contributed by atoms with Gasteiger partial charge in [0.1, 0.15) is 0 Å². The number of thiophene rings is 1. The Labute approximate surface area is 109 Å². The molecule has 0 aliphatic heterocycles. The van der Waals surface area contributed by atoms with Gasteiger partial charge in [-0.15, -0.1) is 11.3 Å². The third-order valence-electron chi connectivity index (χ3n) is 2.50. The fourth-order valence-electron chi connectivity index (χ4n) is 1.51. The van der Waals surface area contributed by atoms with Gasteiger partial charge >= 0.3 is 0 Å². The van der Waals surface area contributed by atoms with E-state index in [0.29, 0.717) is 5.69 Å². The number of benzene rings is 1. The van der Waals surface area contributed by atoms with Crippen LogP contribution in [0.5, 0.6) is 0 Å². The van der Waals surface area contributed by atoms with Crippen LogP contribution >= 0.6 is 11.3 Å². The number of nitro groups is 1. The van der Waals surface area contributed by atoms with Gasteiger partial charge in [-0.2, -0.15) is 0 Å². The Kier molecular flexibility index (Phi) is 3.53. The number of nitro benzene ring substituents is 1. The Hall–Kier alpha value is -2.01. The van der Waals surface area contributed by atoms with Gasteiger partial charge in [0.2, 0.25) is 0 Å². The zero-order valence-corrected chi connectivity index (χ0v) is 10.9. The molecule has 0 amide bonds. The van der Waals surface area contributed by atoms with E-state index in [1.54, 1.807) is 23.6 Å². The molecule has 2 rings (SSSR count). The van der Waals surface area contributed by atoms with Crippen LogP contribution in [-0.2, 0) is 0 Å². The van der Waals surface area contributed by atoms with Crippen molar-refractivity contribution >= 4 is 28.9 Å². The van der Waals surface area contributed by atoms with Gasteiger partial charge in [-0.3, -0.25) is 15.1 Å². The first-order valence-corrected chi connectivity index (χ1v) is 6.23. The van der Waals surface area contributed by atoms with Crippen LogP contribution in [0.3, 0.4) is 0 Å². The van der Waals surface area contributed by atoms with Crippen molar-refractivity contribution in [1.29, 1.82) is 0 Å². The van der Waals surface area contributed by atoms with E-state index in [0.717, 1.165) is 10.4 Å². The molecule has 0 saturated carbocycles. The van der Waals surface area contributed by atoms with Gasteiger partial charge in [-0.05, 0) is 31.5 Å². The molecule has 1 aromatic heterocycles. The first-order chi connectivity index (χ1) is 8.56. The Balaban J connectivity index is 2.30. The number of hydrogen-bond donors (Lipinski definition) is 0. The minimum Gasteiger partial charge on any atom is -0.258 e. The molecule has 1 heterocycles. The van der Waals surface area contributed by atoms with Crippen LogP contribution < -0.4 is 0 Å². The molecule has 1 aromatic carbocycles. The van der Waals surface area contributed by atoms with Crippen molar-refractivity contribution in [3.63, 3.8) is 0 Å². The zero-order chi connectivity index (χ0) is 13.1. The standard InChI is InChI=1S/C13H12N2O2S/c1-9-3-5-11(15(16)17)7-13(9)14-8-12-6-4-10(2)18-12/h3-8H,1-2H3. The summed E-state index contributed by atoms with van der Waals surface area (Å²) in [5.74, 6) is 0. The van der Waals surface area contributed by atoms with Crippen LogP contribution in [0.2, 0.25) is 0 Å². The summed E-state index contributed by atoms with van der Waals surface area (Å²) >= 11 is 1.64. The molecule has 0 saturated heterocycles. The molecular formula is C13H12N2O2S. The number of rotatable bonds is 3. The molecule has 0 aliphatic rings. The molecule has 5 heteroatoms. The second kappa shape index (κ2) is 5.10. The highest BCUT2D eigenvalue weighted by Gasteiger charge is 2.07. The van der Waals surface area contributed by atoms with Crippen LogP contribution in [0.25, 0.3) is 0 Å². The third kappa shape index (κ3) is 2.81. The van der Waals surface area contributed by atoms with Gasteiger partial charge in [0.05, 0.1) is 10.6 Å². The first-order valence-electron chi connectivity index (χ1n) is 5.42. The van der Waals surface area contributed by atoms with E-state index in [1.165, 1.54) is 17.0 Å². The molecule has 0 bridgehead atoms. The number of hydrogen-bond acceptors (Lipinski definition) is 4. The second-order valence-electron chi connectivity index (χ2n) is 3.93. The molecule has 0 radical (unpaired) electrons. The summed E-state index contributed by atoms with van der Waals surface area (Å²) < 4.78 is 0. The average molecular weight is 260 g/mol. The van der Waals surface area contributed by atoms with Crippen molar-refractivity contribution < 1.29 is 4.92 Å². The molecule has 0 spiro atoms. The van der Waals surface area contributed by atoms with Crippen molar-refractivity contribution in [3.8, 4) is 0 Å². The van der Waals surface area contributed by atoms with E-state index in [9.17, 15) is 10.1 Å². The highest BCUT2D eigenvalue weighted by atomic mass is 32.1. The largest absolute Gasteiger partial charge is 0.271 e. The van der Waals surface area contributed by atoms with Crippen molar-refractivity contribution in [1.82, 2.24) is 0 Å². The summed E-state index contributed by atoms with van der Waals surface area (Å²) in [4.78, 5) is 16.9. The van der Waals surface area contributed by atoms with E-state index in [-0.39, 0.29) is 5.69 Å². The maximum absolute atomic E-state index is 10.7. The van der Waals surface area contributed by atoms with Gasteiger partial charge < -0.3 is 0 Å². The van der Waals surface area contributed by atoms with E-state index in [2.05, 4.69) is 4.99 Å². The molecule has 0 aliphatic carbocycles. The minimum atomic E-state index is -0.409. The lowest BCUT2D eigenvalue weighted by molar-refractivity contribution is -0.384. The molecule has 18 heavy (non-hydrogen) atoms. The van der Waals surface area contributed by atoms with Crippen molar-refractivity contribution in [2.75, 3.05) is 0 Å². The highest BCUT2D eigenvalue weighted by molar-refractivity contribution is 7.13. The van der Waals surface area contributed by atoms with Gasteiger partial charge in [0.15, 0.2) is 0 Å². The topological polar surface area (TPSA) is 55.5 Å². The number of aliphatic imine (C=N–C) groups is 1. The predicted molar refractivity (Wildman–Crippen MR) is 74.1 cm³/mol. The maximum atomic E-state index is 10.7. The molecule has 2 aromatic rings. The van der Waals surface area contributed by atoms with Crippen molar-refractivity contribution in [3.05, 3.63) is 55.8 Å². The van der Waals surface area contributed by atoms with Crippen LogP contribution in [0.1, 0.15) is 15.3 Å². The molecule has 0 unspecified atom stereocenters. The smallest absolute Gasteiger partial charge is 0.258 e. The van der Waals surface area contributed by atoms with Crippen LogP contribution in [0.4, 0.5) is 11.4 Å². The number of aryl methyl sites for hydroxylation is 2. The molecule has 4 nitrogen and oxygen atoms in total. The Morgan fingerprint density at radius 2 is 2.06 bits per heavy atom. The Morgan fingerprint density at radius 3 is 2.67 bits per heavy atom. The number of nitrogens with zero attached hydrogens (tertiary/aromatic N) is 2. The van der Waals surface area contributed by atoms with Gasteiger partial charge in [0, 0.05) is 28.1 Å². The van der Waals surface area contributed by atoms with Crippen LogP contribution in [0, 0.1) is 24.0 Å². The molecule has 92 valence electrons. The molecule has 0 atom stereocenters. The molecular weight excluding hydrogens is 248 g/mol. The third-order valence-corrected chi connectivity index (χ3v) is 3.43. The molecule has 0 N–H and O–H groups in total. The van der Waals surface area contributed by atoms with E-state index < -0.39 is 4.92 Å². The van der Waals surface area contributed by atoms with E-state index in [4.69, 9.17) is 0 Å². The van der Waals surface area contributed by atoms with Gasteiger partial charge in [-0.1, -0.05) is 6.07 Å². The van der Waals surface area contributed by atoms with Crippen molar-refractivity contribution in [2.24, 2.45) is 4.99 Å². The quantitative estimate of drug-likeness (QED) is 0.475. The summed E-state index contributed by atoms with van der Waals surface area (Å²) in [6.07, 6.45) is 1.74. The number of non-ortho nitro benzene ring substituents is 1. The van der Waals surface area contributed by atoms with Gasteiger partial charge in [0.25, 0.3) is 5.69 Å². The summed E-state index contributed by atoms with van der Waals surface area (Å²) in [5.41, 5.74) is 1.62. The lowest BCUT2D eigenvalue weighted by atomic mass is 10.2. The normalized spacial score (nSPS) is 11.0. The van der Waals surface area contributed by atoms with Crippen LogP contribution in [0.15, 0.2) is 35.3 Å². The highest BCUT2D eigenvalue weighted by Crippen LogP contribution is 2.24. The molecule has 0 fully saturated rings. The lowest BCUT2D eigenvalue weighted by Gasteiger charge is -1.99. The van der Waals surface area contributed by atoms with Crippen LogP contribution in [-0.4, -0.2) is 11.1 Å². The Morgan fingerprint density at radius 1 is 1.28 bits per heavy atom. The van der Waals surface area contributed by atoms with E-state index in [1.807, 2.05) is 26.0 Å². The average Bonchev–Trinajstić information content (AvgIpc) is 2.74. The van der Waals surface area contributed by atoms with E-state index >= 15 is 0 Å². The lowest BCUT2D eigenvalue weighted by Crippen LogP contribution is -1.88. The Bertz CT molecular complexity index is 617. The second-order valence-corrected chi connectivity index (χ2v) is 5.25. The monoisotopic (exact) mass is 260 g/mol. The fourth-order valence-corrected chi connectivity index (χ4v) is 2.26.